The molecule has 1 unspecified atom stereocenters. The van der Waals surface area contributed by atoms with Gasteiger partial charge in [-0.1, -0.05) is 32.9 Å². The lowest BCUT2D eigenvalue weighted by molar-refractivity contribution is -0.124. The molecule has 0 aliphatic rings. The van der Waals surface area contributed by atoms with Crippen molar-refractivity contribution in [1.29, 1.82) is 0 Å². The average Bonchev–Trinajstić information content (AvgIpc) is 2.15. The van der Waals surface area contributed by atoms with Crippen LogP contribution in [-0.4, -0.2) is 12.0 Å². The highest BCUT2D eigenvalue weighted by Gasteiger charge is 2.21. The van der Waals surface area contributed by atoms with E-state index in [0.29, 0.717) is 0 Å². The Bertz CT molecular complexity index is 419. The highest BCUT2D eigenvalue weighted by molar-refractivity contribution is 5.78. The summed E-state index contributed by atoms with van der Waals surface area (Å²) in [5.41, 5.74) is 7.37. The molecule has 0 saturated carbocycles. The van der Waals surface area contributed by atoms with Crippen LogP contribution in [0.4, 0.5) is 0 Å². The maximum atomic E-state index is 11.0. The van der Waals surface area contributed by atoms with E-state index in [4.69, 9.17) is 10.5 Å². The molecule has 2 N–H and O–H groups in total. The molecule has 3 nitrogen and oxygen atoms in total. The topological polar surface area (TPSA) is 52.3 Å². The highest BCUT2D eigenvalue weighted by Crippen LogP contribution is 2.32. The Morgan fingerprint density at radius 1 is 1.35 bits per heavy atom. The smallest absolute Gasteiger partial charge is 0.258 e. The Morgan fingerprint density at radius 3 is 2.41 bits per heavy atom. The molecule has 1 aromatic rings. The van der Waals surface area contributed by atoms with Gasteiger partial charge in [0.15, 0.2) is 6.10 Å². The molecule has 0 spiro atoms. The van der Waals surface area contributed by atoms with Crippen LogP contribution in [0, 0.1) is 6.92 Å². The zero-order chi connectivity index (χ0) is 13.2. The van der Waals surface area contributed by atoms with Crippen molar-refractivity contribution in [3.05, 3.63) is 29.3 Å². The summed E-state index contributed by atoms with van der Waals surface area (Å²) in [6, 6.07) is 6.03. The first-order valence-electron chi connectivity index (χ1n) is 5.79. The predicted molar refractivity (Wildman–Crippen MR) is 69.2 cm³/mol. The fraction of sp³-hybridized carbons (Fsp3) is 0.500. The molecule has 0 radical (unpaired) electrons. The minimum absolute atomic E-state index is 0.0274. The molecule has 0 saturated heterocycles. The monoisotopic (exact) mass is 235 g/mol. The van der Waals surface area contributed by atoms with Crippen LogP contribution in [0.3, 0.4) is 0 Å². The van der Waals surface area contributed by atoms with E-state index in [9.17, 15) is 4.79 Å². The molecule has 94 valence electrons. The van der Waals surface area contributed by atoms with E-state index in [0.717, 1.165) is 16.9 Å². The van der Waals surface area contributed by atoms with Gasteiger partial charge in [0.1, 0.15) is 5.75 Å². The summed E-state index contributed by atoms with van der Waals surface area (Å²) in [6.07, 6.45) is -0.613. The summed E-state index contributed by atoms with van der Waals surface area (Å²) >= 11 is 0. The van der Waals surface area contributed by atoms with Gasteiger partial charge in [0.2, 0.25) is 0 Å². The first kappa shape index (κ1) is 13.6. The second-order valence-corrected chi connectivity index (χ2v) is 5.41. The van der Waals surface area contributed by atoms with Crippen molar-refractivity contribution >= 4 is 5.91 Å². The first-order chi connectivity index (χ1) is 7.71. The first-order valence-corrected chi connectivity index (χ1v) is 5.79. The highest BCUT2D eigenvalue weighted by atomic mass is 16.5. The van der Waals surface area contributed by atoms with Crippen molar-refractivity contribution in [2.45, 2.75) is 46.1 Å². The van der Waals surface area contributed by atoms with Crippen molar-refractivity contribution in [1.82, 2.24) is 0 Å². The van der Waals surface area contributed by atoms with E-state index in [-0.39, 0.29) is 5.41 Å². The minimum Gasteiger partial charge on any atom is -0.481 e. The Labute approximate surface area is 103 Å². The van der Waals surface area contributed by atoms with Crippen LogP contribution in [0.2, 0.25) is 0 Å². The van der Waals surface area contributed by atoms with Crippen LogP contribution in [0.15, 0.2) is 18.2 Å². The Morgan fingerprint density at radius 2 is 1.94 bits per heavy atom. The summed E-state index contributed by atoms with van der Waals surface area (Å²) in [5.74, 6) is 0.287. The number of carbonyl (C=O) groups excluding carboxylic acids is 1. The summed E-state index contributed by atoms with van der Waals surface area (Å²) in [5, 5.41) is 0. The third-order valence-electron chi connectivity index (χ3n) is 2.65. The molecule has 1 amide bonds. The Balaban J connectivity index is 3.12. The van der Waals surface area contributed by atoms with E-state index < -0.39 is 12.0 Å². The second kappa shape index (κ2) is 4.78. The van der Waals surface area contributed by atoms with E-state index in [2.05, 4.69) is 20.8 Å². The molecule has 1 atom stereocenters. The molecule has 0 heterocycles. The van der Waals surface area contributed by atoms with Gasteiger partial charge in [0, 0.05) is 0 Å². The zero-order valence-corrected chi connectivity index (χ0v) is 11.2. The third kappa shape index (κ3) is 3.48. The third-order valence-corrected chi connectivity index (χ3v) is 2.65. The van der Waals surface area contributed by atoms with E-state index in [1.165, 1.54) is 0 Å². The SMILES string of the molecule is Cc1ccc(C(C)(C)C)c(OC(C)C(N)=O)c1. The molecule has 17 heavy (non-hydrogen) atoms. The van der Waals surface area contributed by atoms with Crippen LogP contribution in [-0.2, 0) is 10.2 Å². The minimum atomic E-state index is -0.613. The van der Waals surface area contributed by atoms with Crippen molar-refractivity contribution in [2.75, 3.05) is 0 Å². The molecule has 0 bridgehead atoms. The van der Waals surface area contributed by atoms with Crippen LogP contribution >= 0.6 is 0 Å². The number of aryl methyl sites for hydroxylation is 1. The number of carbonyl (C=O) groups is 1. The van der Waals surface area contributed by atoms with E-state index >= 15 is 0 Å². The molecule has 0 aromatic heterocycles. The molecular weight excluding hydrogens is 214 g/mol. The fourth-order valence-corrected chi connectivity index (χ4v) is 1.60. The molecular formula is C14H21NO2. The summed E-state index contributed by atoms with van der Waals surface area (Å²) in [4.78, 5) is 11.0. The standard InChI is InChI=1S/C14H21NO2/c1-9-6-7-11(14(3,4)5)12(8-9)17-10(2)13(15)16/h6-8,10H,1-5H3,(H2,15,16). The number of primary amides is 1. The van der Waals surface area contributed by atoms with Crippen LogP contribution in [0.5, 0.6) is 5.75 Å². The van der Waals surface area contributed by atoms with Gasteiger partial charge in [-0.3, -0.25) is 4.79 Å². The van der Waals surface area contributed by atoms with Crippen LogP contribution in [0.25, 0.3) is 0 Å². The maximum Gasteiger partial charge on any atom is 0.258 e. The van der Waals surface area contributed by atoms with E-state index in [1.54, 1.807) is 6.92 Å². The van der Waals surface area contributed by atoms with Crippen LogP contribution in [0.1, 0.15) is 38.8 Å². The largest absolute Gasteiger partial charge is 0.481 e. The van der Waals surface area contributed by atoms with Gasteiger partial charge in [0.25, 0.3) is 5.91 Å². The summed E-state index contributed by atoms with van der Waals surface area (Å²) in [7, 11) is 0. The van der Waals surface area contributed by atoms with Crippen molar-refractivity contribution in [3.8, 4) is 5.75 Å². The van der Waals surface area contributed by atoms with E-state index in [1.807, 2.05) is 25.1 Å². The van der Waals surface area contributed by atoms with Crippen molar-refractivity contribution in [3.63, 3.8) is 0 Å². The lowest BCUT2D eigenvalue weighted by Crippen LogP contribution is -2.31. The van der Waals surface area contributed by atoms with Crippen LogP contribution < -0.4 is 10.5 Å². The van der Waals surface area contributed by atoms with Gasteiger partial charge < -0.3 is 10.5 Å². The normalized spacial score (nSPS) is 13.2. The lowest BCUT2D eigenvalue weighted by atomic mass is 9.86. The van der Waals surface area contributed by atoms with Gasteiger partial charge in [0.05, 0.1) is 0 Å². The zero-order valence-electron chi connectivity index (χ0n) is 11.2. The lowest BCUT2D eigenvalue weighted by Gasteiger charge is -2.24. The number of benzene rings is 1. The molecule has 0 fully saturated rings. The quantitative estimate of drug-likeness (QED) is 0.875. The van der Waals surface area contributed by atoms with Gasteiger partial charge in [-0.05, 0) is 36.5 Å². The van der Waals surface area contributed by atoms with Gasteiger partial charge in [-0.25, -0.2) is 0 Å². The molecule has 0 aliphatic heterocycles. The molecule has 0 aliphatic carbocycles. The van der Waals surface area contributed by atoms with Gasteiger partial charge in [-0.15, -0.1) is 0 Å². The number of amides is 1. The van der Waals surface area contributed by atoms with Crippen molar-refractivity contribution in [2.24, 2.45) is 5.73 Å². The number of hydrogen-bond donors (Lipinski definition) is 1. The Hall–Kier alpha value is -1.51. The maximum absolute atomic E-state index is 11.0. The number of nitrogens with two attached hydrogens (primary N) is 1. The number of ether oxygens (including phenoxy) is 1. The second-order valence-electron chi connectivity index (χ2n) is 5.41. The molecule has 3 heteroatoms. The predicted octanol–water partition coefficient (Wildman–Crippen LogP) is 2.55. The van der Waals surface area contributed by atoms with Crippen molar-refractivity contribution < 1.29 is 9.53 Å². The summed E-state index contributed by atoms with van der Waals surface area (Å²) in [6.45, 7) is 9.99. The number of hydrogen-bond acceptors (Lipinski definition) is 2. The Kier molecular flexibility index (Phi) is 3.81. The molecule has 1 aromatic carbocycles. The average molecular weight is 235 g/mol. The van der Waals surface area contributed by atoms with Gasteiger partial charge >= 0.3 is 0 Å². The fourth-order valence-electron chi connectivity index (χ4n) is 1.60. The summed E-state index contributed by atoms with van der Waals surface area (Å²) < 4.78 is 5.64. The number of rotatable bonds is 3. The van der Waals surface area contributed by atoms with Gasteiger partial charge in [-0.2, -0.15) is 0 Å². The molecule has 1 rings (SSSR count).